The minimum absolute atomic E-state index is 0.241. The van der Waals surface area contributed by atoms with E-state index in [1.54, 1.807) is 31.2 Å². The molecule has 4 aromatic rings. The first kappa shape index (κ1) is 25.6. The highest BCUT2D eigenvalue weighted by Gasteiger charge is 2.22. The Morgan fingerprint density at radius 1 is 1.14 bits per heavy atom. The number of benzene rings is 3. The second-order valence-corrected chi connectivity index (χ2v) is 9.22. The summed E-state index contributed by atoms with van der Waals surface area (Å²) in [5.74, 6) is -0.145. The highest BCUT2D eigenvalue weighted by molar-refractivity contribution is 9.13. The van der Waals surface area contributed by atoms with Crippen molar-refractivity contribution in [2.24, 2.45) is 5.10 Å². The molecule has 1 heterocycles. The van der Waals surface area contributed by atoms with E-state index in [2.05, 4.69) is 37.0 Å². The van der Waals surface area contributed by atoms with Crippen LogP contribution in [0.4, 0.5) is 0 Å². The quantitative estimate of drug-likeness (QED) is 0.255. The Labute approximate surface area is 223 Å². The molecule has 0 saturated carbocycles. The van der Waals surface area contributed by atoms with Gasteiger partial charge in [-0.3, -0.25) is 4.79 Å². The highest BCUT2D eigenvalue weighted by Crippen LogP contribution is 2.43. The number of hydrogen-bond acceptors (Lipinski definition) is 6. The predicted octanol–water partition coefficient (Wildman–Crippen LogP) is 5.72. The minimum Gasteiger partial charge on any atom is -0.490 e. The van der Waals surface area contributed by atoms with E-state index in [9.17, 15) is 14.7 Å². The predicted molar refractivity (Wildman–Crippen MR) is 145 cm³/mol. The molecule has 4 rings (SSSR count). The van der Waals surface area contributed by atoms with E-state index in [0.717, 1.165) is 5.56 Å². The first-order chi connectivity index (χ1) is 17.3. The van der Waals surface area contributed by atoms with Crippen molar-refractivity contribution < 1.29 is 19.4 Å². The van der Waals surface area contributed by atoms with E-state index in [1.165, 1.54) is 17.8 Å². The Morgan fingerprint density at radius 2 is 1.83 bits per heavy atom. The van der Waals surface area contributed by atoms with Crippen LogP contribution in [0.2, 0.25) is 0 Å². The van der Waals surface area contributed by atoms with Crippen LogP contribution in [0.3, 0.4) is 0 Å². The Hall–Kier alpha value is -3.50. The number of carbonyl (C=O) groups is 1. The maximum Gasteiger partial charge on any atom is 0.344 e. The SMILES string of the molecule is CCOc1cc(C=Nn2c(-c3ccccc3)nc3ccccc3c2=O)c(Br)c(Br)c1O[C@H](C)C(=O)O. The second-order valence-electron chi connectivity index (χ2n) is 7.63. The van der Waals surface area contributed by atoms with Crippen LogP contribution in [0.25, 0.3) is 22.3 Å². The molecule has 1 aromatic heterocycles. The zero-order valence-corrected chi connectivity index (χ0v) is 22.5. The zero-order chi connectivity index (χ0) is 25.8. The van der Waals surface area contributed by atoms with Gasteiger partial charge in [-0.25, -0.2) is 9.78 Å². The van der Waals surface area contributed by atoms with Gasteiger partial charge >= 0.3 is 5.97 Å². The molecule has 0 bridgehead atoms. The van der Waals surface area contributed by atoms with Crippen LogP contribution < -0.4 is 15.0 Å². The number of ether oxygens (including phenoxy) is 2. The molecule has 1 N–H and O–H groups in total. The first-order valence-electron chi connectivity index (χ1n) is 11.0. The van der Waals surface area contributed by atoms with Crippen LogP contribution >= 0.6 is 31.9 Å². The molecule has 1 atom stereocenters. The third-order valence-electron chi connectivity index (χ3n) is 5.20. The summed E-state index contributed by atoms with van der Waals surface area (Å²) in [6.45, 7) is 3.56. The smallest absolute Gasteiger partial charge is 0.344 e. The van der Waals surface area contributed by atoms with E-state index in [-0.39, 0.29) is 11.3 Å². The number of aliphatic carboxylic acids is 1. The van der Waals surface area contributed by atoms with Crippen molar-refractivity contribution in [3.05, 3.63) is 85.5 Å². The van der Waals surface area contributed by atoms with Crippen molar-refractivity contribution in [2.45, 2.75) is 20.0 Å². The van der Waals surface area contributed by atoms with Crippen LogP contribution in [-0.2, 0) is 4.79 Å². The Balaban J connectivity index is 1.86. The van der Waals surface area contributed by atoms with E-state index in [1.807, 2.05) is 36.4 Å². The van der Waals surface area contributed by atoms with E-state index >= 15 is 0 Å². The maximum atomic E-state index is 13.4. The second kappa shape index (κ2) is 11.0. The van der Waals surface area contributed by atoms with Gasteiger partial charge in [0.15, 0.2) is 23.4 Å². The lowest BCUT2D eigenvalue weighted by molar-refractivity contribution is -0.144. The zero-order valence-electron chi connectivity index (χ0n) is 19.3. The van der Waals surface area contributed by atoms with Crippen LogP contribution in [0.1, 0.15) is 19.4 Å². The third kappa shape index (κ3) is 5.19. The molecule has 8 nitrogen and oxygen atoms in total. The first-order valence-corrected chi connectivity index (χ1v) is 12.6. The number of nitrogens with zero attached hydrogens (tertiary/aromatic N) is 3. The van der Waals surface area contributed by atoms with Gasteiger partial charge in [-0.05, 0) is 63.9 Å². The molecule has 0 spiro atoms. The number of aromatic nitrogens is 2. The highest BCUT2D eigenvalue weighted by atomic mass is 79.9. The van der Waals surface area contributed by atoms with Gasteiger partial charge in [0.1, 0.15) is 0 Å². The number of carboxylic acids is 1. The molecule has 10 heteroatoms. The van der Waals surface area contributed by atoms with Gasteiger partial charge < -0.3 is 14.6 Å². The largest absolute Gasteiger partial charge is 0.490 e. The van der Waals surface area contributed by atoms with Crippen LogP contribution in [-0.4, -0.2) is 39.7 Å². The molecule has 0 aliphatic rings. The summed E-state index contributed by atoms with van der Waals surface area (Å²) in [5, 5.41) is 14.2. The Morgan fingerprint density at radius 3 is 2.53 bits per heavy atom. The number of rotatable bonds is 8. The number of hydrogen-bond donors (Lipinski definition) is 1. The van der Waals surface area contributed by atoms with E-state index in [0.29, 0.717) is 43.6 Å². The van der Waals surface area contributed by atoms with Crippen molar-refractivity contribution in [3.63, 3.8) is 0 Å². The fourth-order valence-corrected chi connectivity index (χ4v) is 4.34. The van der Waals surface area contributed by atoms with Crippen molar-refractivity contribution in [2.75, 3.05) is 6.61 Å². The van der Waals surface area contributed by atoms with Crippen LogP contribution in [0.15, 0.2) is 79.5 Å². The lowest BCUT2D eigenvalue weighted by Gasteiger charge is -2.18. The normalized spacial score (nSPS) is 12.1. The lowest BCUT2D eigenvalue weighted by Crippen LogP contribution is -2.23. The summed E-state index contributed by atoms with van der Waals surface area (Å²) in [6.07, 6.45) is 0.411. The number of fused-ring (bicyclic) bond motifs is 1. The Kier molecular flexibility index (Phi) is 7.85. The maximum absolute atomic E-state index is 13.4. The molecule has 0 aliphatic heterocycles. The molecule has 0 radical (unpaired) electrons. The minimum atomic E-state index is -1.11. The van der Waals surface area contributed by atoms with Crippen molar-refractivity contribution >= 4 is 54.9 Å². The molecular weight excluding hydrogens is 594 g/mol. The monoisotopic (exact) mass is 613 g/mol. The van der Waals surface area contributed by atoms with Gasteiger partial charge in [0.25, 0.3) is 5.56 Å². The van der Waals surface area contributed by atoms with Crippen LogP contribution in [0, 0.1) is 0 Å². The number of para-hydroxylation sites is 1. The van der Waals surface area contributed by atoms with Gasteiger partial charge in [0.05, 0.1) is 28.2 Å². The molecule has 36 heavy (non-hydrogen) atoms. The summed E-state index contributed by atoms with van der Waals surface area (Å²) in [4.78, 5) is 29.4. The molecule has 0 unspecified atom stereocenters. The summed E-state index contributed by atoms with van der Waals surface area (Å²) < 4.78 is 13.6. The molecule has 0 amide bonds. The average molecular weight is 615 g/mol. The average Bonchev–Trinajstić information content (AvgIpc) is 2.88. The van der Waals surface area contributed by atoms with E-state index in [4.69, 9.17) is 14.5 Å². The summed E-state index contributed by atoms with van der Waals surface area (Å²) in [6, 6.07) is 18.1. The molecule has 3 aromatic carbocycles. The summed E-state index contributed by atoms with van der Waals surface area (Å²) >= 11 is 6.98. The number of halogens is 2. The molecule has 0 fully saturated rings. The van der Waals surface area contributed by atoms with Crippen molar-refractivity contribution in [1.82, 2.24) is 9.66 Å². The van der Waals surface area contributed by atoms with Crippen molar-refractivity contribution in [3.8, 4) is 22.9 Å². The molecular formula is C26H21Br2N3O5. The number of carboxylic acid groups (broad SMARTS) is 1. The summed E-state index contributed by atoms with van der Waals surface area (Å²) in [7, 11) is 0. The molecule has 0 aliphatic carbocycles. The van der Waals surface area contributed by atoms with Gasteiger partial charge in [0.2, 0.25) is 0 Å². The van der Waals surface area contributed by atoms with Gasteiger partial charge in [-0.2, -0.15) is 9.78 Å². The third-order valence-corrected chi connectivity index (χ3v) is 7.34. The fourth-order valence-electron chi connectivity index (χ4n) is 3.42. The van der Waals surface area contributed by atoms with Gasteiger partial charge in [-0.1, -0.05) is 42.5 Å². The Bertz CT molecular complexity index is 1520. The van der Waals surface area contributed by atoms with Crippen LogP contribution in [0.5, 0.6) is 11.5 Å². The topological polar surface area (TPSA) is 103 Å². The van der Waals surface area contributed by atoms with Gasteiger partial charge in [-0.15, -0.1) is 0 Å². The fraction of sp³-hybridized carbons (Fsp3) is 0.154. The molecule has 0 saturated heterocycles. The van der Waals surface area contributed by atoms with E-state index < -0.39 is 12.1 Å². The van der Waals surface area contributed by atoms with Crippen molar-refractivity contribution in [1.29, 1.82) is 0 Å². The summed E-state index contributed by atoms with van der Waals surface area (Å²) in [5.41, 5.74) is 1.56. The molecule has 184 valence electrons. The lowest BCUT2D eigenvalue weighted by atomic mass is 10.2. The standard InChI is InChI=1S/C26H21Br2N3O5/c1-3-35-20-13-17(21(27)22(28)23(20)36-15(2)26(33)34)14-29-31-24(16-9-5-4-6-10-16)30-19-12-8-7-11-18(19)25(31)32/h4-15H,3H2,1-2H3,(H,33,34)/t15-/m1/s1. The van der Waals surface area contributed by atoms with Gasteiger partial charge in [0, 0.05) is 15.6 Å².